The summed E-state index contributed by atoms with van der Waals surface area (Å²) in [5.74, 6) is 1.27. The number of rotatable bonds is 7. The summed E-state index contributed by atoms with van der Waals surface area (Å²) in [6, 6.07) is 9.08. The number of aliphatic hydroxyl groups excluding tert-OH is 1. The summed E-state index contributed by atoms with van der Waals surface area (Å²) >= 11 is 0. The van der Waals surface area contributed by atoms with Crippen molar-refractivity contribution in [3.05, 3.63) is 41.9 Å². The SMILES string of the molecule is OC1CCC(CCCc2cc(N3CCOCC3)nc(-n3c(C(F)F)nc4ccccc43)n2)CC1. The number of para-hydroxylation sites is 2. The average Bonchev–Trinajstić information content (AvgIpc) is 3.26. The zero-order chi connectivity index (χ0) is 23.5. The number of aromatic nitrogens is 4. The summed E-state index contributed by atoms with van der Waals surface area (Å²) in [4.78, 5) is 15.8. The molecule has 182 valence electrons. The summed E-state index contributed by atoms with van der Waals surface area (Å²) in [6.45, 7) is 2.62. The summed E-state index contributed by atoms with van der Waals surface area (Å²) in [7, 11) is 0. The molecule has 0 spiro atoms. The molecule has 2 fully saturated rings. The number of morpholine rings is 1. The number of aliphatic hydroxyl groups is 1. The number of benzene rings is 1. The minimum Gasteiger partial charge on any atom is -0.393 e. The van der Waals surface area contributed by atoms with Gasteiger partial charge < -0.3 is 14.7 Å². The molecule has 1 aliphatic heterocycles. The van der Waals surface area contributed by atoms with Gasteiger partial charge in [-0.25, -0.2) is 18.7 Å². The molecule has 0 atom stereocenters. The maximum Gasteiger partial charge on any atom is 0.296 e. The van der Waals surface area contributed by atoms with Crippen LogP contribution in [0.2, 0.25) is 0 Å². The van der Waals surface area contributed by atoms with Crippen LogP contribution in [0.1, 0.15) is 56.5 Å². The van der Waals surface area contributed by atoms with E-state index in [2.05, 4.69) is 9.88 Å². The molecule has 9 heteroatoms. The first-order chi connectivity index (χ1) is 16.6. The molecule has 2 aromatic heterocycles. The van der Waals surface area contributed by atoms with Crippen molar-refractivity contribution in [3.63, 3.8) is 0 Å². The lowest BCUT2D eigenvalue weighted by molar-refractivity contribution is 0.106. The topological polar surface area (TPSA) is 76.3 Å². The standard InChI is InChI=1S/C25H31F2N5O2/c26-23(27)24-29-20-6-1-2-7-21(20)32(24)25-28-18(5-3-4-17-8-10-19(33)11-9-17)16-22(30-25)31-12-14-34-15-13-31/h1-2,6-7,16-17,19,23,33H,3-5,8-15H2. The molecule has 0 unspecified atom stereocenters. The number of alkyl halides is 2. The quantitative estimate of drug-likeness (QED) is 0.548. The Labute approximate surface area is 197 Å². The van der Waals surface area contributed by atoms with Gasteiger partial charge in [0.2, 0.25) is 5.95 Å². The molecule has 0 radical (unpaired) electrons. The number of ether oxygens (including phenoxy) is 1. The second-order valence-electron chi connectivity index (χ2n) is 9.28. The molecule has 7 nitrogen and oxygen atoms in total. The Hall–Kier alpha value is -2.65. The number of imidazole rings is 1. The molecule has 0 bridgehead atoms. The molecule has 1 aliphatic carbocycles. The normalized spacial score (nSPS) is 21.5. The number of hydrogen-bond acceptors (Lipinski definition) is 6. The third kappa shape index (κ3) is 5.05. The van der Waals surface area contributed by atoms with Crippen LogP contribution in [0.4, 0.5) is 14.6 Å². The van der Waals surface area contributed by atoms with Crippen molar-refractivity contribution in [2.75, 3.05) is 31.2 Å². The first-order valence-corrected chi connectivity index (χ1v) is 12.2. The van der Waals surface area contributed by atoms with E-state index in [-0.39, 0.29) is 17.9 Å². The molecule has 0 amide bonds. The largest absolute Gasteiger partial charge is 0.393 e. The van der Waals surface area contributed by atoms with Crippen molar-refractivity contribution in [3.8, 4) is 5.95 Å². The number of hydrogen-bond donors (Lipinski definition) is 1. The van der Waals surface area contributed by atoms with Gasteiger partial charge >= 0.3 is 0 Å². The Morgan fingerprint density at radius 1 is 1.03 bits per heavy atom. The first-order valence-electron chi connectivity index (χ1n) is 12.2. The van der Waals surface area contributed by atoms with Gasteiger partial charge in [0.1, 0.15) is 5.82 Å². The molecule has 1 saturated carbocycles. The Bertz CT molecular complexity index is 1110. The molecule has 1 saturated heterocycles. The van der Waals surface area contributed by atoms with E-state index in [9.17, 15) is 13.9 Å². The van der Waals surface area contributed by atoms with Gasteiger partial charge in [-0.1, -0.05) is 18.6 Å². The molecule has 5 rings (SSSR count). The van der Waals surface area contributed by atoms with Crippen molar-refractivity contribution in [2.24, 2.45) is 5.92 Å². The van der Waals surface area contributed by atoms with Crippen molar-refractivity contribution < 1.29 is 18.6 Å². The maximum absolute atomic E-state index is 14.0. The predicted octanol–water partition coefficient (Wildman–Crippen LogP) is 4.46. The van der Waals surface area contributed by atoms with Crippen LogP contribution >= 0.6 is 0 Å². The van der Waals surface area contributed by atoms with Crippen LogP contribution in [0.25, 0.3) is 17.0 Å². The molecule has 1 aromatic carbocycles. The predicted molar refractivity (Wildman–Crippen MR) is 126 cm³/mol. The van der Waals surface area contributed by atoms with Gasteiger partial charge in [0, 0.05) is 24.8 Å². The number of halogens is 2. The number of fused-ring (bicyclic) bond motifs is 1. The van der Waals surface area contributed by atoms with E-state index in [0.717, 1.165) is 56.5 Å². The van der Waals surface area contributed by atoms with E-state index < -0.39 is 6.43 Å². The van der Waals surface area contributed by atoms with Crippen LogP contribution in [0.5, 0.6) is 0 Å². The first kappa shape index (κ1) is 23.1. The summed E-state index contributed by atoms with van der Waals surface area (Å²) in [5, 5.41) is 9.75. The van der Waals surface area contributed by atoms with Crippen molar-refractivity contribution in [1.29, 1.82) is 0 Å². The van der Waals surface area contributed by atoms with Gasteiger partial charge in [-0.3, -0.25) is 4.57 Å². The number of nitrogens with zero attached hydrogens (tertiary/aromatic N) is 5. The fourth-order valence-electron chi connectivity index (χ4n) is 5.06. The lowest BCUT2D eigenvalue weighted by Crippen LogP contribution is -2.37. The maximum atomic E-state index is 14.0. The van der Waals surface area contributed by atoms with E-state index in [1.807, 2.05) is 12.1 Å². The van der Waals surface area contributed by atoms with Crippen LogP contribution in [-0.2, 0) is 11.2 Å². The summed E-state index contributed by atoms with van der Waals surface area (Å²) in [6.07, 6.45) is 3.80. The highest BCUT2D eigenvalue weighted by Crippen LogP contribution is 2.30. The monoisotopic (exact) mass is 471 g/mol. The van der Waals surface area contributed by atoms with Crippen molar-refractivity contribution in [2.45, 2.75) is 57.5 Å². The minimum absolute atomic E-state index is 0.147. The third-order valence-corrected chi connectivity index (χ3v) is 6.93. The molecule has 2 aliphatic rings. The van der Waals surface area contributed by atoms with Gasteiger partial charge in [0.15, 0.2) is 5.82 Å². The summed E-state index contributed by atoms with van der Waals surface area (Å²) < 4.78 is 34.8. The number of aryl methyl sites for hydroxylation is 1. The molecule has 3 heterocycles. The van der Waals surface area contributed by atoms with E-state index in [1.54, 1.807) is 18.2 Å². The van der Waals surface area contributed by atoms with Gasteiger partial charge in [-0.15, -0.1) is 0 Å². The van der Waals surface area contributed by atoms with Crippen LogP contribution in [0, 0.1) is 5.92 Å². The highest BCUT2D eigenvalue weighted by molar-refractivity contribution is 5.77. The molecular weight excluding hydrogens is 440 g/mol. The van der Waals surface area contributed by atoms with Crippen molar-refractivity contribution in [1.82, 2.24) is 19.5 Å². The molecule has 34 heavy (non-hydrogen) atoms. The van der Waals surface area contributed by atoms with Crippen molar-refractivity contribution >= 4 is 16.9 Å². The van der Waals surface area contributed by atoms with E-state index in [4.69, 9.17) is 14.7 Å². The van der Waals surface area contributed by atoms with Gasteiger partial charge in [0.05, 0.1) is 30.4 Å². The lowest BCUT2D eigenvalue weighted by atomic mass is 9.84. The lowest BCUT2D eigenvalue weighted by Gasteiger charge is -2.28. The second-order valence-corrected chi connectivity index (χ2v) is 9.28. The fourth-order valence-corrected chi connectivity index (χ4v) is 5.06. The second kappa shape index (κ2) is 10.3. The molecule has 1 N–H and O–H groups in total. The fraction of sp³-hybridized carbons (Fsp3) is 0.560. The van der Waals surface area contributed by atoms with Gasteiger partial charge in [-0.05, 0) is 56.6 Å². The smallest absolute Gasteiger partial charge is 0.296 e. The highest BCUT2D eigenvalue weighted by atomic mass is 19.3. The van der Waals surface area contributed by atoms with E-state index >= 15 is 0 Å². The minimum atomic E-state index is -2.74. The summed E-state index contributed by atoms with van der Waals surface area (Å²) in [5.41, 5.74) is 1.92. The van der Waals surface area contributed by atoms with Gasteiger partial charge in [-0.2, -0.15) is 4.98 Å². The molecule has 3 aromatic rings. The Balaban J connectivity index is 1.46. The molecular formula is C25H31F2N5O2. The van der Waals surface area contributed by atoms with Crippen LogP contribution in [0.15, 0.2) is 30.3 Å². The zero-order valence-corrected chi connectivity index (χ0v) is 19.2. The van der Waals surface area contributed by atoms with E-state index in [1.165, 1.54) is 4.57 Å². The Morgan fingerprint density at radius 2 is 1.79 bits per heavy atom. The Kier molecular flexibility index (Phi) is 7.01. The third-order valence-electron chi connectivity index (χ3n) is 6.93. The van der Waals surface area contributed by atoms with E-state index in [0.29, 0.717) is 43.3 Å². The Morgan fingerprint density at radius 3 is 2.56 bits per heavy atom. The zero-order valence-electron chi connectivity index (χ0n) is 19.2. The number of anilines is 1. The van der Waals surface area contributed by atoms with Crippen LogP contribution in [-0.4, -0.2) is 57.0 Å². The average molecular weight is 472 g/mol. The highest BCUT2D eigenvalue weighted by Gasteiger charge is 2.24. The van der Waals surface area contributed by atoms with Crippen LogP contribution in [0.3, 0.4) is 0 Å². The van der Waals surface area contributed by atoms with Gasteiger partial charge in [0.25, 0.3) is 6.43 Å². The van der Waals surface area contributed by atoms with Crippen LogP contribution < -0.4 is 4.90 Å².